The maximum atomic E-state index is 9.72. The summed E-state index contributed by atoms with van der Waals surface area (Å²) in [4.78, 5) is 19.4. The molecular formula is C22H32N2O5. The number of aliphatic hydroxyl groups excluding tert-OH is 1. The van der Waals surface area contributed by atoms with Crippen LogP contribution < -0.4 is 11.5 Å². The predicted octanol–water partition coefficient (Wildman–Crippen LogP) is 2.40. The van der Waals surface area contributed by atoms with Crippen molar-refractivity contribution in [3.05, 3.63) is 71.8 Å². The van der Waals surface area contributed by atoms with Crippen LogP contribution in [-0.2, 0) is 9.59 Å². The van der Waals surface area contributed by atoms with Crippen LogP contribution >= 0.6 is 0 Å². The standard InChI is InChI=1S/2C9H13N.C4H6O5/c2*1-8(7-10)9-5-3-2-4-6-9;5-2(4(8)9)1-3(6)7/h2*2-6,8H,7,10H2,1H3;2,5H,1H2,(H,6,7)(H,8,9). The first kappa shape index (κ1) is 26.3. The van der Waals surface area contributed by atoms with Gasteiger partial charge in [0.2, 0.25) is 0 Å². The maximum Gasteiger partial charge on any atom is 0.333 e. The van der Waals surface area contributed by atoms with Crippen LogP contribution in [0.15, 0.2) is 60.7 Å². The van der Waals surface area contributed by atoms with E-state index in [-0.39, 0.29) is 0 Å². The van der Waals surface area contributed by atoms with Crippen LogP contribution in [0.1, 0.15) is 43.2 Å². The molecule has 0 amide bonds. The highest BCUT2D eigenvalue weighted by Gasteiger charge is 2.16. The Morgan fingerprint density at radius 1 is 0.793 bits per heavy atom. The number of aliphatic carboxylic acids is 2. The zero-order valence-corrected chi connectivity index (χ0v) is 16.9. The molecule has 160 valence electrons. The van der Waals surface area contributed by atoms with Crippen LogP contribution in [0.3, 0.4) is 0 Å². The molecule has 2 rings (SSSR count). The Morgan fingerprint density at radius 3 is 1.34 bits per heavy atom. The van der Waals surface area contributed by atoms with Crippen molar-refractivity contribution in [3.8, 4) is 0 Å². The summed E-state index contributed by atoms with van der Waals surface area (Å²) >= 11 is 0. The van der Waals surface area contributed by atoms with Crippen LogP contribution in [0.4, 0.5) is 0 Å². The number of rotatable bonds is 7. The molecule has 0 radical (unpaired) electrons. The smallest absolute Gasteiger partial charge is 0.333 e. The van der Waals surface area contributed by atoms with E-state index in [1.807, 2.05) is 36.4 Å². The molecule has 0 bridgehead atoms. The molecule has 0 fully saturated rings. The Morgan fingerprint density at radius 2 is 1.14 bits per heavy atom. The lowest BCUT2D eigenvalue weighted by Gasteiger charge is -2.06. The van der Waals surface area contributed by atoms with Crippen molar-refractivity contribution < 1.29 is 24.9 Å². The topological polar surface area (TPSA) is 147 Å². The molecule has 0 aromatic heterocycles. The average Bonchev–Trinajstić information content (AvgIpc) is 2.74. The van der Waals surface area contributed by atoms with Gasteiger partial charge in [-0.15, -0.1) is 0 Å². The van der Waals surface area contributed by atoms with Crippen LogP contribution in [0.25, 0.3) is 0 Å². The predicted molar refractivity (Wildman–Crippen MR) is 114 cm³/mol. The van der Waals surface area contributed by atoms with E-state index in [0.29, 0.717) is 11.8 Å². The van der Waals surface area contributed by atoms with Crippen molar-refractivity contribution in [1.29, 1.82) is 0 Å². The van der Waals surface area contributed by atoms with Crippen LogP contribution in [0.2, 0.25) is 0 Å². The van der Waals surface area contributed by atoms with E-state index in [1.165, 1.54) is 11.1 Å². The second-order valence-corrected chi connectivity index (χ2v) is 6.55. The average molecular weight is 405 g/mol. The van der Waals surface area contributed by atoms with Gasteiger partial charge < -0.3 is 26.8 Å². The van der Waals surface area contributed by atoms with E-state index >= 15 is 0 Å². The van der Waals surface area contributed by atoms with Gasteiger partial charge in [-0.1, -0.05) is 74.5 Å². The molecule has 7 nitrogen and oxygen atoms in total. The SMILES string of the molecule is CC(CN)c1ccccc1.CC(CN)c1ccccc1.O=C(O)CC(O)C(=O)O. The zero-order valence-electron chi connectivity index (χ0n) is 16.9. The Bertz CT molecular complexity index is 649. The van der Waals surface area contributed by atoms with E-state index in [0.717, 1.165) is 13.1 Å². The van der Waals surface area contributed by atoms with Gasteiger partial charge in [-0.2, -0.15) is 0 Å². The number of aliphatic hydroxyl groups is 1. The van der Waals surface area contributed by atoms with Gasteiger partial charge in [-0.3, -0.25) is 4.79 Å². The molecule has 0 saturated heterocycles. The maximum absolute atomic E-state index is 9.72. The van der Waals surface area contributed by atoms with E-state index in [4.69, 9.17) is 26.8 Å². The summed E-state index contributed by atoms with van der Waals surface area (Å²) in [6, 6.07) is 20.6. The van der Waals surface area contributed by atoms with Gasteiger partial charge in [0, 0.05) is 0 Å². The van der Waals surface area contributed by atoms with Crippen LogP contribution in [0.5, 0.6) is 0 Å². The Labute approximate surface area is 172 Å². The third kappa shape index (κ3) is 12.4. The lowest BCUT2D eigenvalue weighted by atomic mass is 10.0. The van der Waals surface area contributed by atoms with E-state index in [9.17, 15) is 9.59 Å². The number of nitrogens with two attached hydrogens (primary N) is 2. The number of carboxylic acids is 2. The highest BCUT2D eigenvalue weighted by atomic mass is 16.4. The van der Waals surface area contributed by atoms with E-state index < -0.39 is 24.5 Å². The molecule has 3 unspecified atom stereocenters. The highest BCUT2D eigenvalue weighted by Crippen LogP contribution is 2.12. The molecule has 2 aromatic carbocycles. The number of carboxylic acid groups (broad SMARTS) is 2. The van der Waals surface area contributed by atoms with E-state index in [1.54, 1.807) is 0 Å². The lowest BCUT2D eigenvalue weighted by Crippen LogP contribution is -2.22. The first-order valence-electron chi connectivity index (χ1n) is 9.35. The Hall–Kier alpha value is -2.74. The molecule has 2 aromatic rings. The van der Waals surface area contributed by atoms with Gasteiger partial charge in [-0.25, -0.2) is 4.79 Å². The van der Waals surface area contributed by atoms with Crippen molar-refractivity contribution >= 4 is 11.9 Å². The minimum atomic E-state index is -1.79. The first-order valence-corrected chi connectivity index (χ1v) is 9.35. The highest BCUT2D eigenvalue weighted by molar-refractivity contribution is 5.79. The summed E-state index contributed by atoms with van der Waals surface area (Å²) in [5.74, 6) is -1.87. The van der Waals surface area contributed by atoms with Crippen molar-refractivity contribution in [1.82, 2.24) is 0 Å². The van der Waals surface area contributed by atoms with Crippen molar-refractivity contribution in [3.63, 3.8) is 0 Å². The van der Waals surface area contributed by atoms with Gasteiger partial charge in [0.1, 0.15) is 0 Å². The molecular weight excluding hydrogens is 372 g/mol. The molecule has 3 atom stereocenters. The molecule has 0 spiro atoms. The fourth-order valence-electron chi connectivity index (χ4n) is 2.09. The zero-order chi connectivity index (χ0) is 22.2. The molecule has 7 heteroatoms. The Kier molecular flexibility index (Phi) is 13.8. The first-order chi connectivity index (χ1) is 13.7. The number of hydrogen-bond acceptors (Lipinski definition) is 5. The van der Waals surface area contributed by atoms with Gasteiger partial charge in [0.25, 0.3) is 0 Å². The molecule has 7 N–H and O–H groups in total. The second kappa shape index (κ2) is 15.2. The van der Waals surface area contributed by atoms with Gasteiger partial charge >= 0.3 is 11.9 Å². The monoisotopic (exact) mass is 404 g/mol. The minimum Gasteiger partial charge on any atom is -0.481 e. The third-order valence-electron chi connectivity index (χ3n) is 4.10. The summed E-state index contributed by atoms with van der Waals surface area (Å²) in [5, 5.41) is 24.1. The molecule has 0 aliphatic heterocycles. The fourth-order valence-corrected chi connectivity index (χ4v) is 2.09. The summed E-state index contributed by atoms with van der Waals surface area (Å²) in [6.45, 7) is 5.72. The summed E-state index contributed by atoms with van der Waals surface area (Å²) in [7, 11) is 0. The lowest BCUT2D eigenvalue weighted by molar-refractivity contribution is -0.152. The van der Waals surface area contributed by atoms with Gasteiger partial charge in [0.15, 0.2) is 6.10 Å². The fraction of sp³-hybridized carbons (Fsp3) is 0.364. The molecule has 0 aliphatic rings. The third-order valence-corrected chi connectivity index (χ3v) is 4.10. The summed E-state index contributed by atoms with van der Waals surface area (Å²) in [6.07, 6.45) is -2.54. The quantitative estimate of drug-likeness (QED) is 0.476. The molecule has 0 heterocycles. The van der Waals surface area contributed by atoms with E-state index in [2.05, 4.69) is 38.1 Å². The summed E-state index contributed by atoms with van der Waals surface area (Å²) in [5.41, 5.74) is 13.7. The van der Waals surface area contributed by atoms with Crippen LogP contribution in [-0.4, -0.2) is 46.5 Å². The van der Waals surface area contributed by atoms with Gasteiger partial charge in [0.05, 0.1) is 6.42 Å². The molecule has 0 aliphatic carbocycles. The summed E-state index contributed by atoms with van der Waals surface area (Å²) < 4.78 is 0. The Balaban J connectivity index is 0.000000407. The van der Waals surface area contributed by atoms with Crippen molar-refractivity contribution in [2.75, 3.05) is 13.1 Å². The number of hydrogen-bond donors (Lipinski definition) is 5. The largest absolute Gasteiger partial charge is 0.481 e. The number of benzene rings is 2. The van der Waals surface area contributed by atoms with Crippen molar-refractivity contribution in [2.24, 2.45) is 11.5 Å². The van der Waals surface area contributed by atoms with Crippen LogP contribution in [0, 0.1) is 0 Å². The minimum absolute atomic E-state index is 0.487. The number of carbonyl (C=O) groups is 2. The molecule has 29 heavy (non-hydrogen) atoms. The second-order valence-electron chi connectivity index (χ2n) is 6.55. The van der Waals surface area contributed by atoms with Crippen molar-refractivity contribution in [2.45, 2.75) is 38.2 Å². The molecule has 0 saturated carbocycles. The normalized spacial score (nSPS) is 12.9. The van der Waals surface area contributed by atoms with Gasteiger partial charge in [-0.05, 0) is 36.1 Å².